The SMILES string of the molecule is CNC(=O)[C@H](C)N(Cc1ccc(F)cc1)C(=O)CSCc1cc(C)cc(C)c1. The first-order valence-corrected chi connectivity index (χ1v) is 10.4. The van der Waals surface area contributed by atoms with Crippen molar-refractivity contribution >= 4 is 23.6 Å². The Kier molecular flexibility index (Phi) is 8.05. The quantitative estimate of drug-likeness (QED) is 0.730. The summed E-state index contributed by atoms with van der Waals surface area (Å²) in [5.41, 5.74) is 4.37. The number of nitrogens with zero attached hydrogens (tertiary/aromatic N) is 1. The molecular formula is C22H27FN2O2S. The van der Waals surface area contributed by atoms with Gasteiger partial charge in [-0.05, 0) is 44.0 Å². The summed E-state index contributed by atoms with van der Waals surface area (Å²) >= 11 is 1.53. The van der Waals surface area contributed by atoms with Crippen LogP contribution in [0.5, 0.6) is 0 Å². The first-order valence-electron chi connectivity index (χ1n) is 9.20. The Balaban J connectivity index is 2.05. The van der Waals surface area contributed by atoms with E-state index in [2.05, 4.69) is 37.4 Å². The highest BCUT2D eigenvalue weighted by Gasteiger charge is 2.25. The molecule has 0 heterocycles. The molecule has 0 fully saturated rings. The van der Waals surface area contributed by atoms with E-state index in [1.807, 2.05) is 0 Å². The molecule has 0 bridgehead atoms. The molecule has 150 valence electrons. The summed E-state index contributed by atoms with van der Waals surface area (Å²) < 4.78 is 13.2. The van der Waals surface area contributed by atoms with Crippen molar-refractivity contribution in [3.8, 4) is 0 Å². The molecule has 2 aromatic rings. The number of carbonyl (C=O) groups excluding carboxylic acids is 2. The van der Waals surface area contributed by atoms with Crippen LogP contribution in [0.1, 0.15) is 29.2 Å². The van der Waals surface area contributed by atoms with Crippen molar-refractivity contribution in [3.05, 3.63) is 70.5 Å². The van der Waals surface area contributed by atoms with E-state index in [0.29, 0.717) is 0 Å². The van der Waals surface area contributed by atoms with E-state index in [4.69, 9.17) is 0 Å². The number of carbonyl (C=O) groups is 2. The summed E-state index contributed by atoms with van der Waals surface area (Å²) in [7, 11) is 1.55. The minimum absolute atomic E-state index is 0.116. The van der Waals surface area contributed by atoms with Crippen molar-refractivity contribution in [1.29, 1.82) is 0 Å². The Morgan fingerprint density at radius 1 is 1.07 bits per heavy atom. The second kappa shape index (κ2) is 10.3. The van der Waals surface area contributed by atoms with Gasteiger partial charge < -0.3 is 10.2 Å². The summed E-state index contributed by atoms with van der Waals surface area (Å²) in [6.45, 7) is 6.08. The van der Waals surface area contributed by atoms with Crippen LogP contribution in [-0.2, 0) is 21.9 Å². The second-order valence-electron chi connectivity index (χ2n) is 6.93. The number of amides is 2. The lowest BCUT2D eigenvalue weighted by Gasteiger charge is -2.28. The highest BCUT2D eigenvalue weighted by Crippen LogP contribution is 2.18. The van der Waals surface area contributed by atoms with Gasteiger partial charge in [-0.25, -0.2) is 4.39 Å². The molecule has 2 amide bonds. The van der Waals surface area contributed by atoms with Crippen molar-refractivity contribution < 1.29 is 14.0 Å². The van der Waals surface area contributed by atoms with E-state index in [1.54, 1.807) is 31.0 Å². The zero-order valence-corrected chi connectivity index (χ0v) is 17.6. The lowest BCUT2D eigenvalue weighted by Crippen LogP contribution is -2.47. The summed E-state index contributed by atoms with van der Waals surface area (Å²) in [6, 6.07) is 11.7. The van der Waals surface area contributed by atoms with Gasteiger partial charge in [0.2, 0.25) is 11.8 Å². The van der Waals surface area contributed by atoms with Gasteiger partial charge in [0.05, 0.1) is 5.75 Å². The standard InChI is InChI=1S/C22H27FN2O2S/c1-15-9-16(2)11-19(10-15)13-28-14-21(26)25(17(3)22(27)24-4)12-18-5-7-20(23)8-6-18/h5-11,17H,12-14H2,1-4H3,(H,24,27)/t17-/m0/s1. The Morgan fingerprint density at radius 2 is 1.68 bits per heavy atom. The molecule has 0 aliphatic rings. The molecule has 2 aromatic carbocycles. The molecule has 0 saturated heterocycles. The van der Waals surface area contributed by atoms with E-state index in [-0.39, 0.29) is 29.9 Å². The average molecular weight is 403 g/mol. The average Bonchev–Trinajstić information content (AvgIpc) is 2.65. The van der Waals surface area contributed by atoms with Gasteiger partial charge in [-0.2, -0.15) is 0 Å². The molecule has 28 heavy (non-hydrogen) atoms. The van der Waals surface area contributed by atoms with Gasteiger partial charge in [0.25, 0.3) is 0 Å². The number of aryl methyl sites for hydroxylation is 2. The fourth-order valence-electron chi connectivity index (χ4n) is 3.07. The molecule has 1 atom stereocenters. The van der Waals surface area contributed by atoms with E-state index in [1.165, 1.54) is 40.6 Å². The highest BCUT2D eigenvalue weighted by atomic mass is 32.2. The summed E-state index contributed by atoms with van der Waals surface area (Å²) in [4.78, 5) is 26.5. The molecule has 0 unspecified atom stereocenters. The largest absolute Gasteiger partial charge is 0.357 e. The van der Waals surface area contributed by atoms with Crippen LogP contribution in [0.2, 0.25) is 0 Å². The summed E-state index contributed by atoms with van der Waals surface area (Å²) in [5, 5.41) is 2.59. The smallest absolute Gasteiger partial charge is 0.242 e. The van der Waals surface area contributed by atoms with Crippen LogP contribution >= 0.6 is 11.8 Å². The molecule has 6 heteroatoms. The van der Waals surface area contributed by atoms with E-state index in [9.17, 15) is 14.0 Å². The molecule has 0 aliphatic carbocycles. The zero-order valence-electron chi connectivity index (χ0n) is 16.8. The van der Waals surface area contributed by atoms with E-state index >= 15 is 0 Å². The fraction of sp³-hybridized carbons (Fsp3) is 0.364. The number of halogens is 1. The van der Waals surface area contributed by atoms with Crippen LogP contribution in [0.15, 0.2) is 42.5 Å². The summed E-state index contributed by atoms with van der Waals surface area (Å²) in [6.07, 6.45) is 0. The first kappa shape index (κ1) is 22.0. The number of benzene rings is 2. The van der Waals surface area contributed by atoms with Gasteiger partial charge in [0.15, 0.2) is 0 Å². The van der Waals surface area contributed by atoms with Gasteiger partial charge in [-0.3, -0.25) is 9.59 Å². The van der Waals surface area contributed by atoms with Gasteiger partial charge >= 0.3 is 0 Å². The Bertz CT molecular complexity index is 804. The number of thioether (sulfide) groups is 1. The molecule has 1 N–H and O–H groups in total. The van der Waals surface area contributed by atoms with Crippen LogP contribution < -0.4 is 5.32 Å². The third kappa shape index (κ3) is 6.37. The molecule has 0 aromatic heterocycles. The summed E-state index contributed by atoms with van der Waals surface area (Å²) in [5.74, 6) is 0.331. The van der Waals surface area contributed by atoms with Crippen LogP contribution in [0.25, 0.3) is 0 Å². The van der Waals surface area contributed by atoms with Crippen molar-refractivity contribution in [2.24, 2.45) is 0 Å². The number of hydrogen-bond donors (Lipinski definition) is 1. The minimum atomic E-state index is -0.607. The van der Waals surface area contributed by atoms with Gasteiger partial charge in [0.1, 0.15) is 11.9 Å². The van der Waals surface area contributed by atoms with Crippen molar-refractivity contribution in [3.63, 3.8) is 0 Å². The molecule has 0 radical (unpaired) electrons. The minimum Gasteiger partial charge on any atom is -0.357 e. The Hall–Kier alpha value is -2.34. The normalized spacial score (nSPS) is 11.8. The van der Waals surface area contributed by atoms with Gasteiger partial charge in [0, 0.05) is 19.3 Å². The van der Waals surface area contributed by atoms with Crippen LogP contribution in [0, 0.1) is 19.7 Å². The predicted octanol–water partition coefficient (Wildman–Crippen LogP) is 3.84. The fourth-order valence-corrected chi connectivity index (χ4v) is 3.91. The topological polar surface area (TPSA) is 49.4 Å². The molecule has 0 aliphatic heterocycles. The molecule has 0 spiro atoms. The number of hydrogen-bond acceptors (Lipinski definition) is 3. The first-order chi connectivity index (χ1) is 13.3. The van der Waals surface area contributed by atoms with Crippen molar-refractivity contribution in [1.82, 2.24) is 10.2 Å². The maximum Gasteiger partial charge on any atom is 0.242 e. The Labute approximate surface area is 170 Å². The lowest BCUT2D eigenvalue weighted by molar-refractivity contribution is -0.138. The third-order valence-electron chi connectivity index (χ3n) is 4.46. The van der Waals surface area contributed by atoms with Crippen LogP contribution in [-0.4, -0.2) is 35.6 Å². The van der Waals surface area contributed by atoms with Crippen LogP contribution in [0.4, 0.5) is 4.39 Å². The van der Waals surface area contributed by atoms with E-state index < -0.39 is 6.04 Å². The maximum atomic E-state index is 13.2. The molecule has 0 saturated carbocycles. The monoisotopic (exact) mass is 402 g/mol. The van der Waals surface area contributed by atoms with Gasteiger partial charge in [-0.1, -0.05) is 41.5 Å². The number of rotatable bonds is 8. The zero-order chi connectivity index (χ0) is 20.7. The maximum absolute atomic E-state index is 13.2. The highest BCUT2D eigenvalue weighted by molar-refractivity contribution is 7.99. The van der Waals surface area contributed by atoms with Crippen molar-refractivity contribution in [2.45, 2.75) is 39.1 Å². The van der Waals surface area contributed by atoms with E-state index in [0.717, 1.165) is 11.3 Å². The van der Waals surface area contributed by atoms with Gasteiger partial charge in [-0.15, -0.1) is 11.8 Å². The number of likely N-dealkylation sites (N-methyl/N-ethyl adjacent to an activating group) is 1. The predicted molar refractivity (Wildman–Crippen MR) is 113 cm³/mol. The Morgan fingerprint density at radius 3 is 2.25 bits per heavy atom. The lowest BCUT2D eigenvalue weighted by atomic mass is 10.1. The number of nitrogens with one attached hydrogen (secondary N) is 1. The second-order valence-corrected chi connectivity index (χ2v) is 7.91. The van der Waals surface area contributed by atoms with Crippen LogP contribution in [0.3, 0.4) is 0 Å². The molecular weight excluding hydrogens is 375 g/mol. The van der Waals surface area contributed by atoms with Crippen molar-refractivity contribution in [2.75, 3.05) is 12.8 Å². The molecule has 2 rings (SSSR count). The third-order valence-corrected chi connectivity index (χ3v) is 5.44. The molecule has 4 nitrogen and oxygen atoms in total.